The summed E-state index contributed by atoms with van der Waals surface area (Å²) in [6.45, 7) is 2.40. The average molecular weight is 264 g/mol. The van der Waals surface area contributed by atoms with Crippen LogP contribution in [0.15, 0.2) is 12.1 Å². The highest BCUT2D eigenvalue weighted by molar-refractivity contribution is 6.31. The first-order valence-electron chi connectivity index (χ1n) is 4.96. The van der Waals surface area contributed by atoms with Crippen LogP contribution in [0.3, 0.4) is 0 Å². The van der Waals surface area contributed by atoms with Crippen molar-refractivity contribution in [3.05, 3.63) is 22.7 Å². The highest BCUT2D eigenvalue weighted by Crippen LogP contribution is 2.37. The lowest BCUT2D eigenvalue weighted by molar-refractivity contribution is 0.174. The summed E-state index contributed by atoms with van der Waals surface area (Å²) < 4.78 is 10.6. The Morgan fingerprint density at radius 1 is 1.38 bits per heavy atom. The Hall–Kier alpha value is -0.640. The minimum Gasteiger partial charge on any atom is -0.454 e. The SMILES string of the molecule is CNC(C)Cc1cc2c(cc1Cl)OCO2.Cl. The number of benzene rings is 1. The van der Waals surface area contributed by atoms with Crippen LogP contribution in [-0.4, -0.2) is 19.9 Å². The molecule has 0 aliphatic carbocycles. The first kappa shape index (κ1) is 13.4. The molecule has 16 heavy (non-hydrogen) atoms. The molecule has 1 N–H and O–H groups in total. The van der Waals surface area contributed by atoms with Gasteiger partial charge in [-0.3, -0.25) is 0 Å². The van der Waals surface area contributed by atoms with Gasteiger partial charge in [0, 0.05) is 17.1 Å². The lowest BCUT2D eigenvalue weighted by Gasteiger charge is -2.11. The van der Waals surface area contributed by atoms with Gasteiger partial charge in [-0.05, 0) is 32.0 Å². The van der Waals surface area contributed by atoms with Gasteiger partial charge in [0.2, 0.25) is 6.79 Å². The fraction of sp³-hybridized carbons (Fsp3) is 0.455. The van der Waals surface area contributed by atoms with Crippen LogP contribution in [0.5, 0.6) is 11.5 Å². The molecule has 0 aromatic heterocycles. The fourth-order valence-corrected chi connectivity index (χ4v) is 1.78. The summed E-state index contributed by atoms with van der Waals surface area (Å²) in [5.74, 6) is 1.53. The van der Waals surface area contributed by atoms with Crippen molar-refractivity contribution in [3.8, 4) is 11.5 Å². The normalized spacial score (nSPS) is 14.4. The number of fused-ring (bicyclic) bond motifs is 1. The molecule has 1 aliphatic heterocycles. The van der Waals surface area contributed by atoms with Crippen LogP contribution < -0.4 is 14.8 Å². The Labute approximate surface area is 106 Å². The third kappa shape index (κ3) is 2.73. The number of rotatable bonds is 3. The molecule has 0 radical (unpaired) electrons. The summed E-state index contributed by atoms with van der Waals surface area (Å²) in [5.41, 5.74) is 1.09. The van der Waals surface area contributed by atoms with Gasteiger partial charge in [0.05, 0.1) is 0 Å². The minimum absolute atomic E-state index is 0. The van der Waals surface area contributed by atoms with Crippen molar-refractivity contribution in [3.63, 3.8) is 0 Å². The third-order valence-corrected chi connectivity index (χ3v) is 2.91. The van der Waals surface area contributed by atoms with Crippen molar-refractivity contribution in [2.45, 2.75) is 19.4 Å². The van der Waals surface area contributed by atoms with Crippen LogP contribution >= 0.6 is 24.0 Å². The number of nitrogens with one attached hydrogen (secondary N) is 1. The van der Waals surface area contributed by atoms with Gasteiger partial charge in [0.15, 0.2) is 11.5 Å². The largest absolute Gasteiger partial charge is 0.454 e. The van der Waals surface area contributed by atoms with Gasteiger partial charge in [-0.25, -0.2) is 0 Å². The number of hydrogen-bond donors (Lipinski definition) is 1. The molecule has 1 aromatic rings. The van der Waals surface area contributed by atoms with Gasteiger partial charge in [0.25, 0.3) is 0 Å². The van der Waals surface area contributed by atoms with Crippen molar-refractivity contribution in [1.29, 1.82) is 0 Å². The summed E-state index contributed by atoms with van der Waals surface area (Å²) in [7, 11) is 1.94. The number of hydrogen-bond acceptors (Lipinski definition) is 3. The molecule has 1 unspecified atom stereocenters. The molecule has 2 rings (SSSR count). The molecule has 0 spiro atoms. The van der Waals surface area contributed by atoms with Crippen molar-refractivity contribution in [2.24, 2.45) is 0 Å². The van der Waals surface area contributed by atoms with Gasteiger partial charge in [-0.15, -0.1) is 12.4 Å². The molecule has 0 bridgehead atoms. The van der Waals surface area contributed by atoms with Crippen molar-refractivity contribution in [1.82, 2.24) is 5.32 Å². The maximum absolute atomic E-state index is 6.15. The zero-order valence-electron chi connectivity index (χ0n) is 9.25. The van der Waals surface area contributed by atoms with E-state index in [1.807, 2.05) is 19.2 Å². The van der Waals surface area contributed by atoms with E-state index in [2.05, 4.69) is 12.2 Å². The quantitative estimate of drug-likeness (QED) is 0.910. The Bertz CT molecular complexity index is 371. The number of halogens is 2. The molecule has 0 amide bonds. The van der Waals surface area contributed by atoms with Crippen LogP contribution in [0, 0.1) is 0 Å². The molecule has 0 saturated carbocycles. The highest BCUT2D eigenvalue weighted by Gasteiger charge is 2.17. The number of ether oxygens (including phenoxy) is 2. The molecule has 1 heterocycles. The van der Waals surface area contributed by atoms with E-state index >= 15 is 0 Å². The summed E-state index contributed by atoms with van der Waals surface area (Å²) in [5, 5.41) is 3.91. The Balaban J connectivity index is 0.00000128. The van der Waals surface area contributed by atoms with E-state index in [-0.39, 0.29) is 19.2 Å². The van der Waals surface area contributed by atoms with E-state index in [1.165, 1.54) is 0 Å². The monoisotopic (exact) mass is 263 g/mol. The van der Waals surface area contributed by atoms with Crippen LogP contribution in [-0.2, 0) is 6.42 Å². The van der Waals surface area contributed by atoms with E-state index < -0.39 is 0 Å². The maximum Gasteiger partial charge on any atom is 0.231 e. The topological polar surface area (TPSA) is 30.5 Å². The predicted molar refractivity (Wildman–Crippen MR) is 67.0 cm³/mol. The molecule has 3 nitrogen and oxygen atoms in total. The molecule has 0 saturated heterocycles. The molecule has 0 fully saturated rings. The molecule has 5 heteroatoms. The Kier molecular flexibility index (Phi) is 4.71. The van der Waals surface area contributed by atoms with Crippen LogP contribution in [0.2, 0.25) is 5.02 Å². The zero-order chi connectivity index (χ0) is 10.8. The van der Waals surface area contributed by atoms with E-state index in [9.17, 15) is 0 Å². The second-order valence-corrected chi connectivity index (χ2v) is 4.10. The second kappa shape index (κ2) is 5.62. The second-order valence-electron chi connectivity index (χ2n) is 3.69. The lowest BCUT2D eigenvalue weighted by Crippen LogP contribution is -2.23. The van der Waals surface area contributed by atoms with Gasteiger partial charge in [-0.2, -0.15) is 0 Å². The first-order valence-corrected chi connectivity index (χ1v) is 5.34. The smallest absolute Gasteiger partial charge is 0.231 e. The Morgan fingerprint density at radius 2 is 2.00 bits per heavy atom. The molecule has 1 atom stereocenters. The summed E-state index contributed by atoms with van der Waals surface area (Å²) in [6, 6.07) is 4.17. The van der Waals surface area contributed by atoms with E-state index in [0.29, 0.717) is 6.04 Å². The summed E-state index contributed by atoms with van der Waals surface area (Å²) in [6.07, 6.45) is 0.881. The van der Waals surface area contributed by atoms with E-state index in [4.69, 9.17) is 21.1 Å². The first-order chi connectivity index (χ1) is 7.20. The van der Waals surface area contributed by atoms with Crippen LogP contribution in [0.25, 0.3) is 0 Å². The predicted octanol–water partition coefficient (Wildman–Crippen LogP) is 2.64. The fourth-order valence-electron chi connectivity index (χ4n) is 1.55. The van der Waals surface area contributed by atoms with Gasteiger partial charge < -0.3 is 14.8 Å². The maximum atomic E-state index is 6.15. The zero-order valence-corrected chi connectivity index (χ0v) is 10.8. The van der Waals surface area contributed by atoms with E-state index in [0.717, 1.165) is 28.5 Å². The van der Waals surface area contributed by atoms with Crippen LogP contribution in [0.1, 0.15) is 12.5 Å². The summed E-state index contributed by atoms with van der Waals surface area (Å²) >= 11 is 6.15. The standard InChI is InChI=1S/C11H14ClNO2.ClH/c1-7(13-2)3-8-4-10-11(5-9(8)12)15-6-14-10;/h4-5,7,13H,3,6H2,1-2H3;1H. The third-order valence-electron chi connectivity index (χ3n) is 2.56. The molecule has 1 aromatic carbocycles. The van der Waals surface area contributed by atoms with Crippen LogP contribution in [0.4, 0.5) is 0 Å². The van der Waals surface area contributed by atoms with Crippen molar-refractivity contribution < 1.29 is 9.47 Å². The van der Waals surface area contributed by atoms with E-state index in [1.54, 1.807) is 0 Å². The lowest BCUT2D eigenvalue weighted by atomic mass is 10.1. The highest BCUT2D eigenvalue weighted by atomic mass is 35.5. The molecule has 1 aliphatic rings. The van der Waals surface area contributed by atoms with Crippen molar-refractivity contribution in [2.75, 3.05) is 13.8 Å². The van der Waals surface area contributed by atoms with Gasteiger partial charge in [0.1, 0.15) is 0 Å². The molecule has 90 valence electrons. The summed E-state index contributed by atoms with van der Waals surface area (Å²) in [4.78, 5) is 0. The molecular weight excluding hydrogens is 249 g/mol. The Morgan fingerprint density at radius 3 is 2.62 bits per heavy atom. The van der Waals surface area contributed by atoms with Crippen molar-refractivity contribution >= 4 is 24.0 Å². The average Bonchev–Trinajstić information content (AvgIpc) is 2.65. The van der Waals surface area contributed by atoms with Gasteiger partial charge >= 0.3 is 0 Å². The number of likely N-dealkylation sites (N-methyl/N-ethyl adjacent to an activating group) is 1. The minimum atomic E-state index is 0. The molecular formula is C11H15Cl2NO2. The van der Waals surface area contributed by atoms with Gasteiger partial charge in [-0.1, -0.05) is 11.6 Å².